The summed E-state index contributed by atoms with van der Waals surface area (Å²) in [5, 5.41) is 2.22. The third-order valence-corrected chi connectivity index (χ3v) is 22.7. The van der Waals surface area contributed by atoms with Gasteiger partial charge in [-0.25, -0.2) is 29.9 Å². The fourth-order valence-electron chi connectivity index (χ4n) is 17.7. The van der Waals surface area contributed by atoms with Crippen molar-refractivity contribution in [3.8, 4) is 147 Å². The van der Waals surface area contributed by atoms with E-state index < -0.39 is 10.8 Å². The second-order valence-electron chi connectivity index (χ2n) is 28.9. The SMILES string of the molecule is c1ccc(-c2nc(-c3ccc(-c4ccc5c(c4)Oc4ccccc4C54c5ccccc5-c5ccccc54)cc3)nc(-c3ccc(-c4cccc5c4oc4ccccc45)cc3)n2)cc1.c1ccc(-c2nc(-c3ccc(-c4ccc5c(c4)Oc4ccccc4C54c5ccccc5-c5ccccc54)cc3)nc(-c3ccccn3)n2)cc1. The molecule has 2 aliphatic heterocycles. The molecule has 2 spiro atoms. The molecule has 0 unspecified atom stereocenters. The number of hydrogen-bond donors (Lipinski definition) is 0. The molecule has 0 saturated heterocycles. The van der Waals surface area contributed by atoms with Crippen molar-refractivity contribution >= 4 is 21.9 Å². The van der Waals surface area contributed by atoms with Crippen LogP contribution in [0.15, 0.2) is 387 Å². The number of para-hydroxylation sites is 4. The first-order valence-electron chi connectivity index (χ1n) is 38.0. The number of hydrogen-bond acceptors (Lipinski definition) is 10. The van der Waals surface area contributed by atoms with Gasteiger partial charge in [0.1, 0.15) is 39.9 Å². The molecule has 2 aliphatic carbocycles. The van der Waals surface area contributed by atoms with Crippen LogP contribution in [0.1, 0.15) is 44.5 Å². The van der Waals surface area contributed by atoms with Gasteiger partial charge in [-0.15, -0.1) is 0 Å². The van der Waals surface area contributed by atoms with E-state index in [-0.39, 0.29) is 0 Å². The van der Waals surface area contributed by atoms with Gasteiger partial charge >= 0.3 is 0 Å². The smallest absolute Gasteiger partial charge is 0.182 e. The molecule has 0 radical (unpaired) electrons. The number of ether oxygens (including phenoxy) is 2. The normalized spacial score (nSPS) is 13.1. The molecule has 0 atom stereocenters. The maximum atomic E-state index is 6.79. The van der Waals surface area contributed by atoms with Gasteiger partial charge in [-0.3, -0.25) is 4.98 Å². The van der Waals surface area contributed by atoms with Gasteiger partial charge in [0.05, 0.1) is 10.8 Å². The minimum atomic E-state index is -0.491. The van der Waals surface area contributed by atoms with Gasteiger partial charge in [0.25, 0.3) is 0 Å². The standard InChI is InChI=1S/C58H35N3O2.C45H28N4O/c1-2-13-38(14-3-1)55-59-56(61-57(60-55)40-31-27-37(28-32-40)42-18-12-19-46-45-17-6-10-23-51(45)63-54(42)46)39-29-25-36(26-30-39)41-33-34-50-53(35-41)62-52-24-11-9-22-49(52)58(50)47-20-7-4-15-43(47)44-16-5-8-21-48(44)58;1-2-12-30(13-3-1)42-47-43(49-44(48-42)39-19-10-11-27-46-39)31-23-21-29(22-24-31)32-25-26-38-41(28-32)50-40-20-9-8-18-37(40)45(38)35-16-6-4-14-33(35)34-15-5-7-17-36(34)45/h1-35H;1-28H. The fraction of sp³-hybridized carbons (Fsp3) is 0.0194. The highest BCUT2D eigenvalue weighted by molar-refractivity contribution is 6.09. The van der Waals surface area contributed by atoms with Crippen molar-refractivity contribution in [2.24, 2.45) is 0 Å². The zero-order chi connectivity index (χ0) is 74.6. The largest absolute Gasteiger partial charge is 0.457 e. The Labute approximate surface area is 651 Å². The minimum Gasteiger partial charge on any atom is -0.457 e. The second kappa shape index (κ2) is 26.3. The van der Waals surface area contributed by atoms with Crippen molar-refractivity contribution < 1.29 is 13.9 Å². The van der Waals surface area contributed by atoms with Crippen molar-refractivity contribution in [1.82, 2.24) is 34.9 Å². The van der Waals surface area contributed by atoms with Crippen molar-refractivity contribution in [2.75, 3.05) is 0 Å². The summed E-state index contributed by atoms with van der Waals surface area (Å²) < 4.78 is 19.9. The van der Waals surface area contributed by atoms with Gasteiger partial charge < -0.3 is 13.9 Å². The molecule has 19 aromatic rings. The zero-order valence-electron chi connectivity index (χ0n) is 60.7. The summed E-state index contributed by atoms with van der Waals surface area (Å²) in [5.74, 6) is 7.04. The molecule has 6 heterocycles. The Bertz CT molecular complexity index is 6840. The molecule has 10 heteroatoms. The lowest BCUT2D eigenvalue weighted by Gasteiger charge is -2.39. The van der Waals surface area contributed by atoms with E-state index in [9.17, 15) is 0 Å². The zero-order valence-corrected chi connectivity index (χ0v) is 60.7. The number of aromatic nitrogens is 7. The van der Waals surface area contributed by atoms with E-state index in [0.29, 0.717) is 40.6 Å². The topological polar surface area (TPSA) is 122 Å². The van der Waals surface area contributed by atoms with Crippen LogP contribution in [0.2, 0.25) is 0 Å². The molecule has 0 amide bonds. The molecule has 0 fully saturated rings. The molecule has 0 saturated carbocycles. The number of rotatable bonds is 9. The van der Waals surface area contributed by atoms with Gasteiger partial charge in [0, 0.05) is 72.6 Å². The molecule has 15 aromatic carbocycles. The number of fused-ring (bicyclic) bond motifs is 21. The average Bonchev–Trinajstić information content (AvgIpc) is 1.56. The van der Waals surface area contributed by atoms with E-state index in [1.807, 2.05) is 97.1 Å². The molecule has 23 rings (SSSR count). The van der Waals surface area contributed by atoms with Crippen LogP contribution < -0.4 is 9.47 Å². The molecular weight excluding hydrogens is 1380 g/mol. The third kappa shape index (κ3) is 10.5. The Morgan fingerprint density at radius 1 is 0.204 bits per heavy atom. The van der Waals surface area contributed by atoms with Crippen molar-refractivity contribution in [3.63, 3.8) is 0 Å². The van der Waals surface area contributed by atoms with Crippen LogP contribution in [0.4, 0.5) is 0 Å². The lowest BCUT2D eigenvalue weighted by molar-refractivity contribution is 0.436. The summed E-state index contributed by atoms with van der Waals surface area (Å²) in [6, 6.07) is 131. The summed E-state index contributed by atoms with van der Waals surface area (Å²) in [6.45, 7) is 0. The van der Waals surface area contributed by atoms with E-state index in [1.165, 1.54) is 50.1 Å². The van der Waals surface area contributed by atoms with Gasteiger partial charge in [-0.2, -0.15) is 0 Å². The Hall–Kier alpha value is -15.1. The first kappa shape index (κ1) is 65.0. The molecule has 528 valence electrons. The maximum absolute atomic E-state index is 6.79. The quantitative estimate of drug-likeness (QED) is 0.138. The molecule has 0 bridgehead atoms. The highest BCUT2D eigenvalue weighted by Gasteiger charge is 2.53. The number of benzene rings is 15. The number of nitrogens with zero attached hydrogens (tertiary/aromatic N) is 7. The summed E-state index contributed by atoms with van der Waals surface area (Å²) in [7, 11) is 0. The van der Waals surface area contributed by atoms with Crippen LogP contribution in [-0.4, -0.2) is 34.9 Å². The third-order valence-electron chi connectivity index (χ3n) is 22.7. The molecule has 113 heavy (non-hydrogen) atoms. The van der Waals surface area contributed by atoms with E-state index in [4.69, 9.17) is 43.8 Å². The highest BCUT2D eigenvalue weighted by Crippen LogP contribution is 2.64. The number of furan rings is 1. The van der Waals surface area contributed by atoms with Gasteiger partial charge in [0.2, 0.25) is 0 Å². The van der Waals surface area contributed by atoms with Gasteiger partial charge in [-0.1, -0.05) is 334 Å². The fourth-order valence-corrected chi connectivity index (χ4v) is 17.7. The predicted molar refractivity (Wildman–Crippen MR) is 448 cm³/mol. The minimum absolute atomic E-state index is 0.472. The van der Waals surface area contributed by atoms with E-state index >= 15 is 0 Å². The summed E-state index contributed by atoms with van der Waals surface area (Å²) >= 11 is 0. The maximum Gasteiger partial charge on any atom is 0.182 e. The summed E-state index contributed by atoms with van der Waals surface area (Å²) in [6.07, 6.45) is 1.75. The Morgan fingerprint density at radius 2 is 0.531 bits per heavy atom. The van der Waals surface area contributed by atoms with Crippen LogP contribution in [0.5, 0.6) is 23.0 Å². The second-order valence-corrected chi connectivity index (χ2v) is 28.9. The molecule has 4 aliphatic rings. The molecular formula is C103H63N7O3. The van der Waals surface area contributed by atoms with Crippen molar-refractivity contribution in [3.05, 3.63) is 427 Å². The Kier molecular flexibility index (Phi) is 15.1. The average molecular weight is 1450 g/mol. The lowest BCUT2D eigenvalue weighted by Crippen LogP contribution is -2.32. The van der Waals surface area contributed by atoms with Gasteiger partial charge in [0.15, 0.2) is 34.9 Å². The first-order chi connectivity index (χ1) is 56.0. The lowest BCUT2D eigenvalue weighted by atomic mass is 9.66. The van der Waals surface area contributed by atoms with Gasteiger partial charge in [-0.05, 0) is 115 Å². The Balaban J connectivity index is 0.000000142. The van der Waals surface area contributed by atoms with Crippen LogP contribution in [-0.2, 0) is 10.8 Å². The predicted octanol–water partition coefficient (Wildman–Crippen LogP) is 25.0. The Morgan fingerprint density at radius 3 is 0.973 bits per heavy atom. The monoisotopic (exact) mass is 1450 g/mol. The first-order valence-corrected chi connectivity index (χ1v) is 38.0. The molecule has 0 N–H and O–H groups in total. The van der Waals surface area contributed by atoms with E-state index in [1.54, 1.807) is 6.20 Å². The summed E-state index contributed by atoms with van der Waals surface area (Å²) in [5.41, 5.74) is 27.2. The van der Waals surface area contributed by atoms with Crippen LogP contribution >= 0.6 is 0 Å². The molecule has 10 nitrogen and oxygen atoms in total. The van der Waals surface area contributed by atoms with Crippen molar-refractivity contribution in [2.45, 2.75) is 10.8 Å². The van der Waals surface area contributed by atoms with E-state index in [2.05, 4.69) is 284 Å². The van der Waals surface area contributed by atoms with E-state index in [0.717, 1.165) is 123 Å². The summed E-state index contributed by atoms with van der Waals surface area (Å²) in [4.78, 5) is 34.1. The van der Waals surface area contributed by atoms with Crippen LogP contribution in [0, 0.1) is 0 Å². The van der Waals surface area contributed by atoms with Crippen molar-refractivity contribution in [1.29, 1.82) is 0 Å². The molecule has 4 aromatic heterocycles. The number of pyridine rings is 1. The van der Waals surface area contributed by atoms with Crippen LogP contribution in [0.25, 0.3) is 146 Å². The van der Waals surface area contributed by atoms with Crippen LogP contribution in [0.3, 0.4) is 0 Å². The highest BCUT2D eigenvalue weighted by atomic mass is 16.5.